The monoisotopic (exact) mass is 208 g/mol. The topological polar surface area (TPSA) is 0 Å². The third-order valence-corrected chi connectivity index (χ3v) is 3.21. The maximum absolute atomic E-state index is 6.12. The van der Waals surface area contributed by atoms with Gasteiger partial charge >= 0.3 is 0 Å². The summed E-state index contributed by atoms with van der Waals surface area (Å²) in [5, 5.41) is 0.791. The molecule has 0 unspecified atom stereocenters. The molecule has 0 radical (unpaired) electrons. The molecule has 76 valence electrons. The van der Waals surface area contributed by atoms with Gasteiger partial charge in [0.1, 0.15) is 0 Å². The van der Waals surface area contributed by atoms with E-state index in [1.54, 1.807) is 6.08 Å². The largest absolute Gasteiger partial charge is 0.0984 e. The highest BCUT2D eigenvalue weighted by Gasteiger charge is 2.18. The van der Waals surface area contributed by atoms with Gasteiger partial charge in [-0.1, -0.05) is 57.2 Å². The van der Waals surface area contributed by atoms with Crippen molar-refractivity contribution in [3.8, 4) is 0 Å². The lowest BCUT2D eigenvalue weighted by atomic mass is 9.82. The summed E-state index contributed by atoms with van der Waals surface area (Å²) in [5.74, 6) is 0. The van der Waals surface area contributed by atoms with Crippen LogP contribution >= 0.6 is 11.6 Å². The molecular weight excluding hydrogens is 192 g/mol. The van der Waals surface area contributed by atoms with E-state index in [-0.39, 0.29) is 5.41 Å². The molecule has 0 amide bonds. The van der Waals surface area contributed by atoms with Gasteiger partial charge < -0.3 is 0 Å². The van der Waals surface area contributed by atoms with Crippen molar-refractivity contribution >= 4 is 17.7 Å². The Morgan fingerprint density at radius 2 is 2.07 bits per heavy atom. The highest BCUT2D eigenvalue weighted by molar-refractivity contribution is 6.32. The van der Waals surface area contributed by atoms with E-state index < -0.39 is 0 Å². The highest BCUT2D eigenvalue weighted by atomic mass is 35.5. The molecule has 0 saturated heterocycles. The van der Waals surface area contributed by atoms with Gasteiger partial charge in [0.25, 0.3) is 0 Å². The molecule has 0 spiro atoms. The van der Waals surface area contributed by atoms with Crippen LogP contribution in [0.15, 0.2) is 24.8 Å². The van der Waals surface area contributed by atoms with Gasteiger partial charge in [0.05, 0.1) is 0 Å². The predicted molar refractivity (Wildman–Crippen MR) is 64.9 cm³/mol. The van der Waals surface area contributed by atoms with Crippen LogP contribution in [0.1, 0.15) is 38.3 Å². The highest BCUT2D eigenvalue weighted by Crippen LogP contribution is 2.30. The quantitative estimate of drug-likeness (QED) is 0.677. The van der Waals surface area contributed by atoms with Crippen LogP contribution in [0, 0.1) is 0 Å². The zero-order valence-electron chi connectivity index (χ0n) is 9.10. The van der Waals surface area contributed by atoms with Crippen LogP contribution < -0.4 is 0 Å². The van der Waals surface area contributed by atoms with Crippen LogP contribution in [0.3, 0.4) is 0 Å². The Kier molecular flexibility index (Phi) is 3.38. The average molecular weight is 209 g/mol. The normalized spacial score (nSPS) is 11.4. The van der Waals surface area contributed by atoms with Gasteiger partial charge in [0.15, 0.2) is 0 Å². The first-order valence-electron chi connectivity index (χ1n) is 4.93. The molecule has 14 heavy (non-hydrogen) atoms. The van der Waals surface area contributed by atoms with Gasteiger partial charge in [0, 0.05) is 5.02 Å². The van der Waals surface area contributed by atoms with Gasteiger partial charge in [-0.05, 0) is 29.0 Å². The van der Waals surface area contributed by atoms with Crippen molar-refractivity contribution in [2.45, 2.75) is 32.6 Å². The molecule has 0 nitrogen and oxygen atoms in total. The van der Waals surface area contributed by atoms with E-state index in [4.69, 9.17) is 11.6 Å². The van der Waals surface area contributed by atoms with Crippen LogP contribution in [0.25, 0.3) is 6.08 Å². The molecule has 0 atom stereocenters. The number of hydrogen-bond acceptors (Lipinski definition) is 0. The van der Waals surface area contributed by atoms with Crippen molar-refractivity contribution in [2.24, 2.45) is 0 Å². The summed E-state index contributed by atoms with van der Waals surface area (Å²) in [6.07, 6.45) is 2.89. The lowest BCUT2D eigenvalue weighted by molar-refractivity contribution is 0.506. The Morgan fingerprint density at radius 3 is 2.50 bits per heavy atom. The van der Waals surface area contributed by atoms with Crippen LogP contribution in [-0.2, 0) is 5.41 Å². The smallest absolute Gasteiger partial charge is 0.0481 e. The van der Waals surface area contributed by atoms with Gasteiger partial charge in [-0.15, -0.1) is 0 Å². The van der Waals surface area contributed by atoms with Crippen LogP contribution in [0.5, 0.6) is 0 Å². The maximum Gasteiger partial charge on any atom is 0.0481 e. The number of hydrogen-bond donors (Lipinski definition) is 0. The Balaban J connectivity index is 3.14. The molecule has 0 fully saturated rings. The second-order valence-corrected chi connectivity index (χ2v) is 4.59. The van der Waals surface area contributed by atoms with E-state index in [1.807, 2.05) is 12.1 Å². The number of rotatable bonds is 3. The van der Waals surface area contributed by atoms with Crippen molar-refractivity contribution in [3.05, 3.63) is 40.9 Å². The predicted octanol–water partition coefficient (Wildman–Crippen LogP) is 4.67. The van der Waals surface area contributed by atoms with Crippen LogP contribution in [-0.4, -0.2) is 0 Å². The van der Waals surface area contributed by atoms with E-state index in [1.165, 1.54) is 5.56 Å². The molecule has 0 aliphatic rings. The molecule has 0 heterocycles. The third kappa shape index (κ3) is 2.19. The van der Waals surface area contributed by atoms with Gasteiger partial charge in [-0.25, -0.2) is 0 Å². The summed E-state index contributed by atoms with van der Waals surface area (Å²) in [6, 6.07) is 6.20. The minimum absolute atomic E-state index is 0.198. The molecule has 0 aliphatic heterocycles. The number of halogens is 1. The lowest BCUT2D eigenvalue weighted by Gasteiger charge is -2.23. The molecule has 0 N–H and O–H groups in total. The maximum atomic E-state index is 6.12. The summed E-state index contributed by atoms with van der Waals surface area (Å²) >= 11 is 6.12. The summed E-state index contributed by atoms with van der Waals surface area (Å²) in [6.45, 7) is 10.4. The van der Waals surface area contributed by atoms with Crippen molar-refractivity contribution < 1.29 is 0 Å². The zero-order chi connectivity index (χ0) is 10.8. The Hall–Kier alpha value is -0.750. The van der Waals surface area contributed by atoms with E-state index in [9.17, 15) is 0 Å². The zero-order valence-corrected chi connectivity index (χ0v) is 9.86. The molecule has 0 saturated carbocycles. The summed E-state index contributed by atoms with van der Waals surface area (Å²) in [4.78, 5) is 0. The van der Waals surface area contributed by atoms with Crippen molar-refractivity contribution in [1.29, 1.82) is 0 Å². The first-order valence-corrected chi connectivity index (χ1v) is 5.31. The molecule has 1 rings (SSSR count). The molecule has 1 aromatic carbocycles. The summed E-state index contributed by atoms with van der Waals surface area (Å²) in [5.41, 5.74) is 2.49. The van der Waals surface area contributed by atoms with Gasteiger partial charge in [-0.3, -0.25) is 0 Å². The molecule has 1 heteroatoms. The molecule has 1 aromatic rings. The van der Waals surface area contributed by atoms with E-state index in [0.29, 0.717) is 0 Å². The first-order chi connectivity index (χ1) is 6.51. The van der Waals surface area contributed by atoms with E-state index in [0.717, 1.165) is 17.0 Å². The van der Waals surface area contributed by atoms with Gasteiger partial charge in [-0.2, -0.15) is 0 Å². The number of benzene rings is 1. The van der Waals surface area contributed by atoms with Crippen LogP contribution in [0.4, 0.5) is 0 Å². The van der Waals surface area contributed by atoms with Gasteiger partial charge in [0.2, 0.25) is 0 Å². The van der Waals surface area contributed by atoms with E-state index in [2.05, 4.69) is 33.4 Å². The fourth-order valence-electron chi connectivity index (χ4n) is 1.32. The SMILES string of the molecule is C=Cc1ccc(C(C)(C)CC)cc1Cl. The first kappa shape index (κ1) is 11.3. The molecule has 0 aromatic heterocycles. The molecule has 0 bridgehead atoms. The van der Waals surface area contributed by atoms with E-state index >= 15 is 0 Å². The molecule has 0 aliphatic carbocycles. The minimum Gasteiger partial charge on any atom is -0.0984 e. The molecular formula is C13H17Cl. The Morgan fingerprint density at radius 1 is 1.43 bits per heavy atom. The Labute approximate surface area is 91.6 Å². The summed E-state index contributed by atoms with van der Waals surface area (Å²) in [7, 11) is 0. The standard InChI is InChI=1S/C13H17Cl/c1-5-10-7-8-11(9-12(10)14)13(3,4)6-2/h5,7-9H,1,6H2,2-4H3. The van der Waals surface area contributed by atoms with Crippen molar-refractivity contribution in [3.63, 3.8) is 0 Å². The van der Waals surface area contributed by atoms with Crippen LogP contribution in [0.2, 0.25) is 5.02 Å². The average Bonchev–Trinajstić information content (AvgIpc) is 2.17. The summed E-state index contributed by atoms with van der Waals surface area (Å²) < 4.78 is 0. The lowest BCUT2D eigenvalue weighted by Crippen LogP contribution is -2.15. The fourth-order valence-corrected chi connectivity index (χ4v) is 1.58. The second-order valence-electron chi connectivity index (χ2n) is 4.18. The van der Waals surface area contributed by atoms with Crippen molar-refractivity contribution in [1.82, 2.24) is 0 Å². The Bertz CT molecular complexity index is 337. The van der Waals surface area contributed by atoms with Crippen molar-refractivity contribution in [2.75, 3.05) is 0 Å². The third-order valence-electron chi connectivity index (χ3n) is 2.89. The minimum atomic E-state index is 0.198. The second kappa shape index (κ2) is 4.18. The fraction of sp³-hybridized carbons (Fsp3) is 0.385.